The molecule has 4 N–H and O–H groups in total. The fraction of sp³-hybridized carbons (Fsp3) is 0.250. The Hall–Kier alpha value is -3.19. The fourth-order valence-corrected chi connectivity index (χ4v) is 2.70. The molecular weight excluding hydrogens is 342 g/mol. The molecule has 0 spiro atoms. The van der Waals surface area contributed by atoms with Gasteiger partial charge in [0.25, 0.3) is 5.91 Å². The normalized spacial score (nSPS) is 11.3. The summed E-state index contributed by atoms with van der Waals surface area (Å²) < 4.78 is 0. The minimum absolute atomic E-state index is 0.255. The molecule has 2 aromatic heterocycles. The van der Waals surface area contributed by atoms with Crippen LogP contribution in [0, 0.1) is 0 Å². The van der Waals surface area contributed by atoms with E-state index in [0.717, 1.165) is 12.1 Å². The number of anilines is 2. The van der Waals surface area contributed by atoms with Crippen molar-refractivity contribution in [3.05, 3.63) is 63.9 Å². The standard InChI is InChI=1S/C20H23N5O2/c1-12(2)25(3)11-13-4-6-14(7-5-13)22-20(27)16-10-18(26)24-19-15(16)8-9-17(21)23-19/h4-10,12H,11H2,1-3H3,(H,22,27)(H3,21,23,24,26). The number of aromatic amines is 1. The van der Waals surface area contributed by atoms with Gasteiger partial charge in [-0.1, -0.05) is 12.1 Å². The lowest BCUT2D eigenvalue weighted by Crippen LogP contribution is -2.25. The number of fused-ring (bicyclic) bond motifs is 1. The Kier molecular flexibility index (Phi) is 5.23. The van der Waals surface area contributed by atoms with Gasteiger partial charge in [0.15, 0.2) is 0 Å². The van der Waals surface area contributed by atoms with Crippen LogP contribution in [-0.4, -0.2) is 33.9 Å². The van der Waals surface area contributed by atoms with Crippen molar-refractivity contribution < 1.29 is 4.79 Å². The predicted octanol–water partition coefficient (Wildman–Crippen LogP) is 2.60. The van der Waals surface area contributed by atoms with Gasteiger partial charge in [0.1, 0.15) is 11.5 Å². The zero-order valence-corrected chi connectivity index (χ0v) is 15.6. The molecule has 27 heavy (non-hydrogen) atoms. The van der Waals surface area contributed by atoms with Gasteiger partial charge in [-0.25, -0.2) is 4.98 Å². The van der Waals surface area contributed by atoms with Gasteiger partial charge in [-0.3, -0.25) is 14.5 Å². The molecule has 0 unspecified atom stereocenters. The summed E-state index contributed by atoms with van der Waals surface area (Å²) in [6.07, 6.45) is 0. The Morgan fingerprint density at radius 2 is 1.93 bits per heavy atom. The molecule has 0 aliphatic rings. The van der Waals surface area contributed by atoms with Crippen molar-refractivity contribution in [3.8, 4) is 0 Å². The first-order valence-electron chi connectivity index (χ1n) is 8.73. The largest absolute Gasteiger partial charge is 0.384 e. The molecule has 2 heterocycles. The monoisotopic (exact) mass is 365 g/mol. The van der Waals surface area contributed by atoms with Crippen molar-refractivity contribution in [1.82, 2.24) is 14.9 Å². The van der Waals surface area contributed by atoms with E-state index >= 15 is 0 Å². The maximum Gasteiger partial charge on any atom is 0.256 e. The minimum Gasteiger partial charge on any atom is -0.384 e. The Morgan fingerprint density at radius 1 is 1.22 bits per heavy atom. The lowest BCUT2D eigenvalue weighted by atomic mass is 10.1. The van der Waals surface area contributed by atoms with Crippen LogP contribution in [0.25, 0.3) is 11.0 Å². The average molecular weight is 365 g/mol. The van der Waals surface area contributed by atoms with Gasteiger partial charge in [-0.15, -0.1) is 0 Å². The van der Waals surface area contributed by atoms with Crippen molar-refractivity contribution >= 4 is 28.4 Å². The lowest BCUT2D eigenvalue weighted by Gasteiger charge is -2.21. The maximum atomic E-state index is 12.7. The third-order valence-corrected chi connectivity index (χ3v) is 4.49. The van der Waals surface area contributed by atoms with Gasteiger partial charge in [-0.05, 0) is 50.7 Å². The Bertz CT molecular complexity index is 1020. The molecule has 3 rings (SSSR count). The molecule has 7 nitrogen and oxygen atoms in total. The summed E-state index contributed by atoms with van der Waals surface area (Å²) in [6.45, 7) is 5.11. The number of nitrogen functional groups attached to an aromatic ring is 1. The highest BCUT2D eigenvalue weighted by atomic mass is 16.2. The van der Waals surface area contributed by atoms with Crippen LogP contribution < -0.4 is 16.6 Å². The van der Waals surface area contributed by atoms with Crippen molar-refractivity contribution in [2.75, 3.05) is 18.1 Å². The number of pyridine rings is 2. The number of carbonyl (C=O) groups excluding carboxylic acids is 1. The second-order valence-electron chi connectivity index (χ2n) is 6.84. The second-order valence-corrected chi connectivity index (χ2v) is 6.84. The first-order valence-corrected chi connectivity index (χ1v) is 8.73. The molecular formula is C20H23N5O2. The molecule has 1 aromatic carbocycles. The van der Waals surface area contributed by atoms with Crippen LogP contribution in [0.5, 0.6) is 0 Å². The molecule has 0 aliphatic carbocycles. The molecule has 0 saturated heterocycles. The highest BCUT2D eigenvalue weighted by Gasteiger charge is 2.13. The van der Waals surface area contributed by atoms with Gasteiger partial charge in [0.05, 0.1) is 5.56 Å². The van der Waals surface area contributed by atoms with Crippen LogP contribution in [0.1, 0.15) is 29.8 Å². The Balaban J connectivity index is 1.82. The van der Waals surface area contributed by atoms with E-state index in [1.807, 2.05) is 24.3 Å². The van der Waals surface area contributed by atoms with E-state index in [1.54, 1.807) is 12.1 Å². The summed E-state index contributed by atoms with van der Waals surface area (Å²) in [4.78, 5) is 33.4. The van der Waals surface area contributed by atoms with Crippen LogP contribution >= 0.6 is 0 Å². The quantitative estimate of drug-likeness (QED) is 0.645. The molecule has 140 valence electrons. The van der Waals surface area contributed by atoms with Crippen molar-refractivity contribution in [2.24, 2.45) is 0 Å². The van der Waals surface area contributed by atoms with Crippen molar-refractivity contribution in [1.29, 1.82) is 0 Å². The van der Waals surface area contributed by atoms with Gasteiger partial charge in [-0.2, -0.15) is 0 Å². The summed E-state index contributed by atoms with van der Waals surface area (Å²) in [5, 5.41) is 3.37. The van der Waals surface area contributed by atoms with Gasteiger partial charge >= 0.3 is 0 Å². The zero-order chi connectivity index (χ0) is 19.6. The topological polar surface area (TPSA) is 104 Å². The Morgan fingerprint density at radius 3 is 2.59 bits per heavy atom. The lowest BCUT2D eigenvalue weighted by molar-refractivity contribution is 0.102. The van der Waals surface area contributed by atoms with Crippen LogP contribution in [0.15, 0.2) is 47.3 Å². The number of hydrogen-bond donors (Lipinski definition) is 3. The third-order valence-electron chi connectivity index (χ3n) is 4.49. The van der Waals surface area contributed by atoms with Crippen molar-refractivity contribution in [2.45, 2.75) is 26.4 Å². The molecule has 1 amide bonds. The zero-order valence-electron chi connectivity index (χ0n) is 15.6. The summed E-state index contributed by atoms with van der Waals surface area (Å²) in [5.41, 5.74) is 7.61. The fourth-order valence-electron chi connectivity index (χ4n) is 2.70. The van der Waals surface area contributed by atoms with E-state index in [2.05, 4.69) is 41.1 Å². The highest BCUT2D eigenvalue weighted by molar-refractivity contribution is 6.11. The van der Waals surface area contributed by atoms with Crippen LogP contribution in [0.4, 0.5) is 11.5 Å². The number of nitrogens with zero attached hydrogens (tertiary/aromatic N) is 2. The first-order chi connectivity index (χ1) is 12.8. The van der Waals surface area contributed by atoms with E-state index in [1.165, 1.54) is 6.07 Å². The van der Waals surface area contributed by atoms with E-state index in [-0.39, 0.29) is 17.3 Å². The van der Waals surface area contributed by atoms with E-state index in [4.69, 9.17) is 5.73 Å². The van der Waals surface area contributed by atoms with Crippen LogP contribution in [0.2, 0.25) is 0 Å². The van der Waals surface area contributed by atoms with E-state index in [0.29, 0.717) is 22.8 Å². The van der Waals surface area contributed by atoms with Gasteiger partial charge < -0.3 is 16.0 Å². The summed E-state index contributed by atoms with van der Waals surface area (Å²) in [6, 6.07) is 12.7. The number of amides is 1. The molecule has 7 heteroatoms. The number of benzene rings is 1. The molecule has 0 saturated carbocycles. The van der Waals surface area contributed by atoms with Gasteiger partial charge in [0, 0.05) is 29.7 Å². The molecule has 0 fully saturated rings. The number of nitrogens with one attached hydrogen (secondary N) is 2. The van der Waals surface area contributed by atoms with E-state index in [9.17, 15) is 9.59 Å². The molecule has 0 atom stereocenters. The number of H-pyrrole nitrogens is 1. The molecule has 0 aliphatic heterocycles. The maximum absolute atomic E-state index is 12.7. The number of hydrogen-bond acceptors (Lipinski definition) is 5. The first kappa shape index (κ1) is 18.6. The predicted molar refractivity (Wildman–Crippen MR) is 108 cm³/mol. The number of rotatable bonds is 5. The molecule has 0 radical (unpaired) electrons. The Labute approximate surface area is 157 Å². The van der Waals surface area contributed by atoms with Gasteiger partial charge in [0.2, 0.25) is 5.56 Å². The van der Waals surface area contributed by atoms with E-state index < -0.39 is 5.56 Å². The third kappa shape index (κ3) is 4.32. The highest BCUT2D eigenvalue weighted by Crippen LogP contribution is 2.18. The smallest absolute Gasteiger partial charge is 0.256 e. The van der Waals surface area contributed by atoms with Crippen molar-refractivity contribution in [3.63, 3.8) is 0 Å². The SMILES string of the molecule is CC(C)N(C)Cc1ccc(NC(=O)c2cc(=O)[nH]c3nc(N)ccc23)cc1. The van der Waals surface area contributed by atoms with Crippen LogP contribution in [-0.2, 0) is 6.54 Å². The number of nitrogens with two attached hydrogens (primary N) is 1. The minimum atomic E-state index is -0.405. The number of aromatic nitrogens is 2. The summed E-state index contributed by atoms with van der Waals surface area (Å²) >= 11 is 0. The average Bonchev–Trinajstić information content (AvgIpc) is 2.62. The van der Waals surface area contributed by atoms with Crippen LogP contribution in [0.3, 0.4) is 0 Å². The summed E-state index contributed by atoms with van der Waals surface area (Å²) in [7, 11) is 2.07. The molecule has 0 bridgehead atoms. The number of carbonyl (C=O) groups is 1. The summed E-state index contributed by atoms with van der Waals surface area (Å²) in [5.74, 6) is -0.0950. The second kappa shape index (κ2) is 7.59. The molecule has 3 aromatic rings.